The number of hydrogen-bond donors (Lipinski definition) is 0. The van der Waals surface area contributed by atoms with Crippen LogP contribution >= 0.6 is 11.3 Å². The molecule has 1 heterocycles. The van der Waals surface area contributed by atoms with E-state index in [4.69, 9.17) is 9.47 Å². The molecule has 0 saturated heterocycles. The number of carbonyl (C=O) groups excluding carboxylic acids is 2. The van der Waals surface area contributed by atoms with E-state index in [1.54, 1.807) is 7.05 Å². The van der Waals surface area contributed by atoms with Crippen LogP contribution in [0.15, 0.2) is 41.1 Å². The van der Waals surface area contributed by atoms with Gasteiger partial charge in [-0.2, -0.15) is 20.1 Å². The number of esters is 1. The third kappa shape index (κ3) is 6.66. The summed E-state index contributed by atoms with van der Waals surface area (Å²) in [6.07, 6.45) is 2.55. The van der Waals surface area contributed by atoms with Gasteiger partial charge in [-0.05, 0) is 46.2 Å². The number of ether oxygens (including phenoxy) is 3. The fourth-order valence-electron chi connectivity index (χ4n) is 2.18. The first-order valence-electron chi connectivity index (χ1n) is 8.11. The maximum absolute atomic E-state index is 12.3. The number of likely N-dealkylation sites (N-methyl/N-ethyl adjacent to an activating group) is 1. The molecule has 0 unspecified atom stereocenters. The maximum atomic E-state index is 12.3. The predicted molar refractivity (Wildman–Crippen MR) is 100 cm³/mol. The van der Waals surface area contributed by atoms with Gasteiger partial charge >= 0.3 is 12.6 Å². The summed E-state index contributed by atoms with van der Waals surface area (Å²) in [6.45, 7) is -2.92. The monoisotopic (exact) mass is 411 g/mol. The van der Waals surface area contributed by atoms with Crippen molar-refractivity contribution in [1.82, 2.24) is 4.90 Å². The van der Waals surface area contributed by atoms with Crippen molar-refractivity contribution in [3.63, 3.8) is 0 Å². The van der Waals surface area contributed by atoms with Crippen LogP contribution in [0, 0.1) is 0 Å². The Kier molecular flexibility index (Phi) is 7.94. The Hall–Kier alpha value is -2.94. The summed E-state index contributed by atoms with van der Waals surface area (Å²) in [7, 11) is 2.94. The molecule has 0 radical (unpaired) electrons. The minimum atomic E-state index is -2.97. The van der Waals surface area contributed by atoms with Gasteiger partial charge in [0, 0.05) is 19.7 Å². The van der Waals surface area contributed by atoms with Gasteiger partial charge in [-0.1, -0.05) is 6.07 Å². The van der Waals surface area contributed by atoms with Gasteiger partial charge in [-0.25, -0.2) is 4.79 Å². The minimum Gasteiger partial charge on any atom is -0.493 e. The van der Waals surface area contributed by atoms with Crippen molar-refractivity contribution in [2.45, 2.75) is 13.2 Å². The van der Waals surface area contributed by atoms with Crippen LogP contribution in [-0.4, -0.2) is 44.2 Å². The molecule has 6 nitrogen and oxygen atoms in total. The van der Waals surface area contributed by atoms with Crippen molar-refractivity contribution in [3.8, 4) is 11.5 Å². The first kappa shape index (κ1) is 21.4. The molecule has 0 atom stereocenters. The number of nitrogens with zero attached hydrogens (tertiary/aromatic N) is 1. The fourth-order valence-corrected chi connectivity index (χ4v) is 2.84. The molecule has 2 aromatic rings. The zero-order chi connectivity index (χ0) is 20.5. The number of thiophene rings is 1. The summed E-state index contributed by atoms with van der Waals surface area (Å²) in [5, 5.41) is 3.85. The molecule has 0 aliphatic carbocycles. The van der Waals surface area contributed by atoms with E-state index < -0.39 is 12.6 Å². The van der Waals surface area contributed by atoms with Gasteiger partial charge in [-0.15, -0.1) is 0 Å². The predicted octanol–water partition coefficient (Wildman–Crippen LogP) is 3.57. The summed E-state index contributed by atoms with van der Waals surface area (Å²) in [5.74, 6) is -1.05. The SMILES string of the molecule is COc1cc(/C=C/C(=O)OCC(=O)N(C)Cc2ccsc2)ccc1OC(F)F. The largest absolute Gasteiger partial charge is 0.493 e. The van der Waals surface area contributed by atoms with E-state index in [-0.39, 0.29) is 24.0 Å². The van der Waals surface area contributed by atoms with Crippen LogP contribution in [0.2, 0.25) is 0 Å². The second-order valence-corrected chi connectivity index (χ2v) is 6.39. The molecule has 1 aromatic heterocycles. The molecule has 2 rings (SSSR count). The lowest BCUT2D eigenvalue weighted by Gasteiger charge is -2.15. The van der Waals surface area contributed by atoms with E-state index in [1.165, 1.54) is 47.6 Å². The van der Waals surface area contributed by atoms with Crippen LogP contribution in [0.5, 0.6) is 11.5 Å². The van der Waals surface area contributed by atoms with Gasteiger partial charge < -0.3 is 19.1 Å². The molecule has 28 heavy (non-hydrogen) atoms. The minimum absolute atomic E-state index is 0.0982. The molecular formula is C19H19F2NO5S. The normalized spacial score (nSPS) is 10.9. The number of methoxy groups -OCH3 is 1. The maximum Gasteiger partial charge on any atom is 0.387 e. The van der Waals surface area contributed by atoms with Gasteiger partial charge in [0.25, 0.3) is 5.91 Å². The molecule has 150 valence electrons. The topological polar surface area (TPSA) is 65.1 Å². The van der Waals surface area contributed by atoms with Crippen molar-refractivity contribution in [3.05, 3.63) is 52.2 Å². The van der Waals surface area contributed by atoms with E-state index in [0.29, 0.717) is 12.1 Å². The molecule has 0 aliphatic heterocycles. The third-order valence-electron chi connectivity index (χ3n) is 3.58. The van der Waals surface area contributed by atoms with Gasteiger partial charge in [0.1, 0.15) is 0 Å². The van der Waals surface area contributed by atoms with E-state index in [1.807, 2.05) is 16.8 Å². The Bertz CT molecular complexity index is 824. The quantitative estimate of drug-likeness (QED) is 0.466. The second-order valence-electron chi connectivity index (χ2n) is 5.61. The number of benzene rings is 1. The average Bonchev–Trinajstić information content (AvgIpc) is 3.17. The number of hydrogen-bond acceptors (Lipinski definition) is 6. The number of halogens is 2. The van der Waals surface area contributed by atoms with Crippen molar-refractivity contribution in [2.75, 3.05) is 20.8 Å². The highest BCUT2D eigenvalue weighted by atomic mass is 32.1. The molecular weight excluding hydrogens is 392 g/mol. The van der Waals surface area contributed by atoms with Crippen LogP contribution in [0.1, 0.15) is 11.1 Å². The highest BCUT2D eigenvalue weighted by Gasteiger charge is 2.12. The van der Waals surface area contributed by atoms with Gasteiger partial charge in [0.15, 0.2) is 18.1 Å². The highest BCUT2D eigenvalue weighted by Crippen LogP contribution is 2.29. The molecule has 0 N–H and O–H groups in total. The van der Waals surface area contributed by atoms with E-state index in [0.717, 1.165) is 11.6 Å². The Morgan fingerprint density at radius 1 is 1.25 bits per heavy atom. The molecule has 0 saturated carbocycles. The van der Waals surface area contributed by atoms with Gasteiger partial charge in [0.2, 0.25) is 0 Å². The fraction of sp³-hybridized carbons (Fsp3) is 0.263. The van der Waals surface area contributed by atoms with Crippen molar-refractivity contribution in [2.24, 2.45) is 0 Å². The first-order chi connectivity index (χ1) is 13.4. The van der Waals surface area contributed by atoms with E-state index in [9.17, 15) is 18.4 Å². The zero-order valence-corrected chi connectivity index (χ0v) is 16.1. The average molecular weight is 411 g/mol. The number of amides is 1. The summed E-state index contributed by atoms with van der Waals surface area (Å²) in [4.78, 5) is 25.3. The number of alkyl halides is 2. The lowest BCUT2D eigenvalue weighted by molar-refractivity contribution is -0.147. The Labute approximate surface area is 164 Å². The summed E-state index contributed by atoms with van der Waals surface area (Å²) < 4.78 is 38.9. The van der Waals surface area contributed by atoms with E-state index in [2.05, 4.69) is 4.74 Å². The summed E-state index contributed by atoms with van der Waals surface area (Å²) >= 11 is 1.54. The van der Waals surface area contributed by atoms with Crippen molar-refractivity contribution in [1.29, 1.82) is 0 Å². The second kappa shape index (κ2) is 10.4. The molecule has 1 aromatic carbocycles. The van der Waals surface area contributed by atoms with Gasteiger partial charge in [0.05, 0.1) is 7.11 Å². The summed E-state index contributed by atoms with van der Waals surface area (Å²) in [5.41, 5.74) is 1.51. The molecule has 0 spiro atoms. The molecule has 9 heteroatoms. The molecule has 0 fully saturated rings. The lowest BCUT2D eigenvalue weighted by atomic mass is 10.2. The molecule has 1 amide bonds. The van der Waals surface area contributed by atoms with Crippen LogP contribution in [-0.2, 0) is 20.9 Å². The Morgan fingerprint density at radius 3 is 2.68 bits per heavy atom. The van der Waals surface area contributed by atoms with Crippen LogP contribution in [0.3, 0.4) is 0 Å². The first-order valence-corrected chi connectivity index (χ1v) is 9.06. The number of carbonyl (C=O) groups is 2. The van der Waals surface area contributed by atoms with Gasteiger partial charge in [-0.3, -0.25) is 4.79 Å². The Balaban J connectivity index is 1.86. The standard InChI is InChI=1S/C19H19F2NO5S/c1-22(10-14-7-8-28-12-14)17(23)11-26-18(24)6-4-13-3-5-15(27-19(20)21)16(9-13)25-2/h3-9,12,19H,10-11H2,1-2H3/b6-4+. The molecule has 0 aliphatic rings. The Morgan fingerprint density at radius 2 is 2.04 bits per heavy atom. The third-order valence-corrected chi connectivity index (χ3v) is 4.31. The van der Waals surface area contributed by atoms with Crippen LogP contribution in [0.25, 0.3) is 6.08 Å². The van der Waals surface area contributed by atoms with Crippen molar-refractivity contribution < 1.29 is 32.6 Å². The zero-order valence-electron chi connectivity index (χ0n) is 15.3. The molecule has 0 bridgehead atoms. The van der Waals surface area contributed by atoms with E-state index >= 15 is 0 Å². The highest BCUT2D eigenvalue weighted by molar-refractivity contribution is 7.07. The summed E-state index contributed by atoms with van der Waals surface area (Å²) in [6, 6.07) is 6.12. The smallest absolute Gasteiger partial charge is 0.387 e. The lowest BCUT2D eigenvalue weighted by Crippen LogP contribution is -2.30. The number of rotatable bonds is 9. The van der Waals surface area contributed by atoms with Crippen LogP contribution in [0.4, 0.5) is 8.78 Å². The van der Waals surface area contributed by atoms with Crippen molar-refractivity contribution >= 4 is 29.3 Å². The van der Waals surface area contributed by atoms with Crippen LogP contribution < -0.4 is 9.47 Å².